The van der Waals surface area contributed by atoms with Gasteiger partial charge in [-0.1, -0.05) is 54.6 Å². The predicted molar refractivity (Wildman–Crippen MR) is 116 cm³/mol. The van der Waals surface area contributed by atoms with E-state index < -0.39 is 0 Å². The van der Waals surface area contributed by atoms with Crippen LogP contribution >= 0.6 is 0 Å². The van der Waals surface area contributed by atoms with E-state index in [1.807, 2.05) is 54.6 Å². The van der Waals surface area contributed by atoms with Crippen LogP contribution < -0.4 is 4.90 Å². The van der Waals surface area contributed by atoms with E-state index in [-0.39, 0.29) is 5.75 Å². The molecule has 0 saturated carbocycles. The van der Waals surface area contributed by atoms with Gasteiger partial charge in [0.1, 0.15) is 5.75 Å². The number of hydrogen-bond acceptors (Lipinski definition) is 3. The van der Waals surface area contributed by atoms with Crippen molar-refractivity contribution in [3.8, 4) is 5.75 Å². The second kappa shape index (κ2) is 8.23. The summed E-state index contributed by atoms with van der Waals surface area (Å²) >= 11 is 0. The average molecular weight is 364 g/mol. The summed E-state index contributed by atoms with van der Waals surface area (Å²) in [4.78, 5) is 6.65. The molecule has 0 radical (unpaired) electrons. The summed E-state index contributed by atoms with van der Waals surface area (Å²) in [5.41, 5.74) is 5.00. The number of rotatable bonds is 5. The van der Waals surface area contributed by atoms with Crippen LogP contribution in [0.2, 0.25) is 0 Å². The van der Waals surface area contributed by atoms with Crippen LogP contribution in [-0.4, -0.2) is 11.3 Å². The Morgan fingerprint density at radius 3 is 1.75 bits per heavy atom. The first-order valence-electron chi connectivity index (χ1n) is 9.13. The van der Waals surface area contributed by atoms with E-state index in [1.54, 1.807) is 24.4 Å². The molecule has 0 aliphatic carbocycles. The average Bonchev–Trinajstić information content (AvgIpc) is 2.75. The molecule has 3 heteroatoms. The molecule has 136 valence electrons. The molecule has 4 aromatic rings. The lowest BCUT2D eigenvalue weighted by Crippen LogP contribution is -2.09. The van der Waals surface area contributed by atoms with Gasteiger partial charge in [-0.3, -0.25) is 4.99 Å². The maximum atomic E-state index is 9.54. The van der Waals surface area contributed by atoms with Crippen molar-refractivity contribution < 1.29 is 5.11 Å². The van der Waals surface area contributed by atoms with Crippen molar-refractivity contribution in [2.24, 2.45) is 4.99 Å². The van der Waals surface area contributed by atoms with Crippen molar-refractivity contribution in [2.45, 2.75) is 0 Å². The fourth-order valence-corrected chi connectivity index (χ4v) is 3.03. The molecule has 0 aromatic heterocycles. The lowest BCUT2D eigenvalue weighted by Gasteiger charge is -2.25. The highest BCUT2D eigenvalue weighted by molar-refractivity contribution is 5.84. The molecule has 0 atom stereocenters. The Kier molecular flexibility index (Phi) is 5.16. The fourth-order valence-electron chi connectivity index (χ4n) is 3.03. The van der Waals surface area contributed by atoms with Gasteiger partial charge in [-0.25, -0.2) is 0 Å². The lowest BCUT2D eigenvalue weighted by atomic mass is 10.1. The van der Waals surface area contributed by atoms with Gasteiger partial charge >= 0.3 is 0 Å². The quantitative estimate of drug-likeness (QED) is 0.404. The standard InChI is InChI=1S/C25H20N2O/c28-25-13-7-8-21(18-25)26-19-20-14-16-24(17-15-20)27(22-9-3-1-4-10-22)23-11-5-2-6-12-23/h1-19,28H. The molecule has 0 aliphatic heterocycles. The monoisotopic (exact) mass is 364 g/mol. The first-order valence-corrected chi connectivity index (χ1v) is 9.13. The van der Waals surface area contributed by atoms with Gasteiger partial charge < -0.3 is 10.0 Å². The van der Waals surface area contributed by atoms with E-state index in [0.717, 1.165) is 28.3 Å². The Balaban J connectivity index is 1.63. The Bertz CT molecular complexity index is 1020. The van der Waals surface area contributed by atoms with Gasteiger partial charge in [-0.2, -0.15) is 0 Å². The van der Waals surface area contributed by atoms with Crippen LogP contribution in [0, 0.1) is 0 Å². The molecule has 1 N–H and O–H groups in total. The van der Waals surface area contributed by atoms with E-state index in [2.05, 4.69) is 46.3 Å². The Morgan fingerprint density at radius 2 is 1.18 bits per heavy atom. The maximum Gasteiger partial charge on any atom is 0.117 e. The highest BCUT2D eigenvalue weighted by Crippen LogP contribution is 2.33. The molecule has 0 unspecified atom stereocenters. The summed E-state index contributed by atoms with van der Waals surface area (Å²) in [5, 5.41) is 9.54. The number of hydrogen-bond donors (Lipinski definition) is 1. The molecular formula is C25H20N2O. The molecule has 3 nitrogen and oxygen atoms in total. The van der Waals surface area contributed by atoms with Crippen LogP contribution in [0.3, 0.4) is 0 Å². The molecule has 0 amide bonds. The normalized spacial score (nSPS) is 10.9. The van der Waals surface area contributed by atoms with Crippen LogP contribution in [-0.2, 0) is 0 Å². The SMILES string of the molecule is Oc1cccc(N=Cc2ccc(N(c3ccccc3)c3ccccc3)cc2)c1. The number of phenols is 1. The summed E-state index contributed by atoms with van der Waals surface area (Å²) in [6.45, 7) is 0. The van der Waals surface area contributed by atoms with E-state index in [9.17, 15) is 5.11 Å². The van der Waals surface area contributed by atoms with Gasteiger partial charge in [0.2, 0.25) is 0 Å². The molecule has 0 fully saturated rings. The van der Waals surface area contributed by atoms with Gasteiger partial charge in [-0.15, -0.1) is 0 Å². The topological polar surface area (TPSA) is 35.8 Å². The van der Waals surface area contributed by atoms with Gasteiger partial charge in [0.25, 0.3) is 0 Å². The number of phenolic OH excluding ortho intramolecular Hbond substituents is 1. The minimum absolute atomic E-state index is 0.214. The fraction of sp³-hybridized carbons (Fsp3) is 0. The van der Waals surface area contributed by atoms with Crippen LogP contribution in [0.15, 0.2) is 114 Å². The van der Waals surface area contributed by atoms with Crippen LogP contribution in [0.4, 0.5) is 22.7 Å². The first kappa shape index (κ1) is 17.6. The third-order valence-electron chi connectivity index (χ3n) is 4.37. The highest BCUT2D eigenvalue weighted by atomic mass is 16.3. The minimum atomic E-state index is 0.214. The predicted octanol–water partition coefficient (Wildman–Crippen LogP) is 6.61. The lowest BCUT2D eigenvalue weighted by molar-refractivity contribution is 0.475. The minimum Gasteiger partial charge on any atom is -0.508 e. The van der Waals surface area contributed by atoms with Crippen LogP contribution in [0.1, 0.15) is 5.56 Å². The molecule has 4 aromatic carbocycles. The van der Waals surface area contributed by atoms with Crippen molar-refractivity contribution in [3.05, 3.63) is 115 Å². The van der Waals surface area contributed by atoms with Gasteiger partial charge in [0.15, 0.2) is 0 Å². The number of anilines is 3. The summed E-state index contributed by atoms with van der Waals surface area (Å²) in [6, 6.07) is 35.8. The largest absolute Gasteiger partial charge is 0.508 e. The Morgan fingerprint density at radius 1 is 0.607 bits per heavy atom. The van der Waals surface area contributed by atoms with Gasteiger partial charge in [0.05, 0.1) is 5.69 Å². The summed E-state index contributed by atoms with van der Waals surface area (Å²) in [7, 11) is 0. The Hall–Kier alpha value is -3.85. The first-order chi connectivity index (χ1) is 13.8. The van der Waals surface area contributed by atoms with Crippen molar-refractivity contribution in [2.75, 3.05) is 4.90 Å². The number of para-hydroxylation sites is 2. The van der Waals surface area contributed by atoms with Crippen molar-refractivity contribution in [1.82, 2.24) is 0 Å². The maximum absolute atomic E-state index is 9.54. The summed E-state index contributed by atoms with van der Waals surface area (Å²) in [6.07, 6.45) is 1.80. The van der Waals surface area contributed by atoms with E-state index >= 15 is 0 Å². The van der Waals surface area contributed by atoms with E-state index in [4.69, 9.17) is 0 Å². The number of aliphatic imine (C=N–C) groups is 1. The molecule has 0 saturated heterocycles. The molecular weight excluding hydrogens is 344 g/mol. The van der Waals surface area contributed by atoms with Crippen LogP contribution in [0.5, 0.6) is 5.75 Å². The molecule has 0 spiro atoms. The third kappa shape index (κ3) is 4.10. The smallest absolute Gasteiger partial charge is 0.117 e. The zero-order valence-electron chi connectivity index (χ0n) is 15.3. The number of benzene rings is 4. The number of aromatic hydroxyl groups is 1. The van der Waals surface area contributed by atoms with Crippen molar-refractivity contribution >= 4 is 29.0 Å². The highest BCUT2D eigenvalue weighted by Gasteiger charge is 2.11. The summed E-state index contributed by atoms with van der Waals surface area (Å²) < 4.78 is 0. The van der Waals surface area contributed by atoms with Crippen LogP contribution in [0.25, 0.3) is 0 Å². The molecule has 28 heavy (non-hydrogen) atoms. The van der Waals surface area contributed by atoms with Crippen molar-refractivity contribution in [1.29, 1.82) is 0 Å². The molecule has 4 rings (SSSR count). The molecule has 0 heterocycles. The van der Waals surface area contributed by atoms with E-state index in [1.165, 1.54) is 0 Å². The zero-order chi connectivity index (χ0) is 19.2. The van der Waals surface area contributed by atoms with Crippen molar-refractivity contribution in [3.63, 3.8) is 0 Å². The number of nitrogens with zero attached hydrogens (tertiary/aromatic N) is 2. The van der Waals surface area contributed by atoms with Gasteiger partial charge in [0, 0.05) is 29.3 Å². The second-order valence-electron chi connectivity index (χ2n) is 6.38. The molecule has 0 aliphatic rings. The van der Waals surface area contributed by atoms with E-state index in [0.29, 0.717) is 0 Å². The second-order valence-corrected chi connectivity index (χ2v) is 6.38. The zero-order valence-corrected chi connectivity index (χ0v) is 15.3. The molecule has 0 bridgehead atoms. The van der Waals surface area contributed by atoms with Gasteiger partial charge in [-0.05, 0) is 54.1 Å². The third-order valence-corrected chi connectivity index (χ3v) is 4.37. The Labute approximate surface area is 164 Å². The summed E-state index contributed by atoms with van der Waals surface area (Å²) in [5.74, 6) is 0.214.